The molecule has 10 heteroatoms. The number of ether oxygens (including phenoxy) is 2. The molecule has 0 atom stereocenters. The highest BCUT2D eigenvalue weighted by Gasteiger charge is 2.31. The highest BCUT2D eigenvalue weighted by atomic mass is 19.4. The summed E-state index contributed by atoms with van der Waals surface area (Å²) in [7, 11) is 1.54. The fourth-order valence-corrected chi connectivity index (χ4v) is 4.22. The van der Waals surface area contributed by atoms with E-state index in [2.05, 4.69) is 15.0 Å². The molecule has 1 aliphatic carbocycles. The van der Waals surface area contributed by atoms with Gasteiger partial charge in [-0.05, 0) is 62.4 Å². The van der Waals surface area contributed by atoms with Gasteiger partial charge in [-0.25, -0.2) is 9.97 Å². The largest absolute Gasteiger partial charge is 0.573 e. The predicted octanol–water partition coefficient (Wildman–Crippen LogP) is 6.49. The average molecular weight is 520 g/mol. The van der Waals surface area contributed by atoms with Gasteiger partial charge in [-0.2, -0.15) is 0 Å². The molecule has 0 amide bonds. The summed E-state index contributed by atoms with van der Waals surface area (Å²) in [5.74, 6) is 0.108. The molecular weight excluding hydrogens is 495 g/mol. The fraction of sp³-hybridized carbons (Fsp3) is 0.179. The maximum absolute atomic E-state index is 13.0. The van der Waals surface area contributed by atoms with E-state index in [1.165, 1.54) is 18.2 Å². The molecule has 3 aromatic rings. The minimum Gasteiger partial charge on any atom is -0.480 e. The summed E-state index contributed by atoms with van der Waals surface area (Å²) in [6.45, 7) is 3.92. The number of alkyl halides is 3. The van der Waals surface area contributed by atoms with E-state index in [0.29, 0.717) is 50.7 Å². The Bertz CT molecular complexity index is 1650. The summed E-state index contributed by atoms with van der Waals surface area (Å²) in [5, 5.41) is 4.00. The molecule has 1 N–H and O–H groups in total. The Morgan fingerprint density at radius 2 is 1.76 bits per heavy atom. The number of fused-ring (bicyclic) bond motifs is 2. The molecule has 0 unspecified atom stereocenters. The Labute approximate surface area is 216 Å². The van der Waals surface area contributed by atoms with Crippen LogP contribution in [0.4, 0.5) is 24.5 Å². The Hall–Kier alpha value is -4.60. The van der Waals surface area contributed by atoms with Crippen LogP contribution in [0, 0.1) is 0 Å². The lowest BCUT2D eigenvalue weighted by atomic mass is 10.1. The van der Waals surface area contributed by atoms with Crippen LogP contribution >= 0.6 is 0 Å². The SMILES string of the molecule is COc1ncccc1Nc1cc2nc3ccccc3n(-c3cccc(OC(F)(F)F)c3)c-2cc1=NC(C)C. The molecule has 5 rings (SSSR count). The number of para-hydroxylation sites is 2. The van der Waals surface area contributed by atoms with Crippen molar-refractivity contribution >= 4 is 22.4 Å². The Balaban J connectivity index is 1.78. The van der Waals surface area contributed by atoms with Crippen molar-refractivity contribution in [2.24, 2.45) is 4.99 Å². The summed E-state index contributed by atoms with van der Waals surface area (Å²) < 4.78 is 50.3. The molecule has 7 nitrogen and oxygen atoms in total. The van der Waals surface area contributed by atoms with E-state index in [0.717, 1.165) is 0 Å². The molecule has 0 saturated heterocycles. The fourth-order valence-electron chi connectivity index (χ4n) is 4.22. The zero-order valence-corrected chi connectivity index (χ0v) is 20.8. The van der Waals surface area contributed by atoms with Gasteiger partial charge in [-0.1, -0.05) is 18.2 Å². The monoisotopic (exact) mass is 519 g/mol. The molecule has 0 spiro atoms. The Morgan fingerprint density at radius 3 is 2.53 bits per heavy atom. The lowest BCUT2D eigenvalue weighted by molar-refractivity contribution is -0.274. The van der Waals surface area contributed by atoms with E-state index < -0.39 is 6.36 Å². The number of aromatic nitrogens is 3. The van der Waals surface area contributed by atoms with Crippen molar-refractivity contribution in [3.8, 4) is 28.7 Å². The molecule has 0 bridgehead atoms. The number of hydrogen-bond acceptors (Lipinski definition) is 6. The maximum Gasteiger partial charge on any atom is 0.573 e. The zero-order valence-electron chi connectivity index (χ0n) is 20.8. The van der Waals surface area contributed by atoms with Gasteiger partial charge in [0.2, 0.25) is 5.88 Å². The van der Waals surface area contributed by atoms with E-state index in [9.17, 15) is 13.2 Å². The van der Waals surface area contributed by atoms with Gasteiger partial charge in [0.25, 0.3) is 0 Å². The summed E-state index contributed by atoms with van der Waals surface area (Å²) in [5.41, 5.74) is 4.48. The van der Waals surface area contributed by atoms with Gasteiger partial charge < -0.3 is 19.4 Å². The van der Waals surface area contributed by atoms with Crippen LogP contribution in [0.5, 0.6) is 11.6 Å². The quantitative estimate of drug-likeness (QED) is 0.260. The Morgan fingerprint density at radius 1 is 0.947 bits per heavy atom. The van der Waals surface area contributed by atoms with Gasteiger partial charge in [-0.15, -0.1) is 13.2 Å². The Kier molecular flexibility index (Phi) is 6.62. The number of nitrogens with one attached hydrogen (secondary N) is 1. The highest BCUT2D eigenvalue weighted by molar-refractivity contribution is 5.84. The van der Waals surface area contributed by atoms with Crippen molar-refractivity contribution in [1.29, 1.82) is 0 Å². The third kappa shape index (κ3) is 5.24. The van der Waals surface area contributed by atoms with Crippen molar-refractivity contribution in [3.63, 3.8) is 0 Å². The topological polar surface area (TPSA) is 73.6 Å². The number of anilines is 2. The normalized spacial score (nSPS) is 12.3. The number of pyridine rings is 1. The zero-order chi connectivity index (χ0) is 26.9. The van der Waals surface area contributed by atoms with Crippen molar-refractivity contribution in [2.75, 3.05) is 12.4 Å². The second-order valence-corrected chi connectivity index (χ2v) is 8.75. The van der Waals surface area contributed by atoms with Crippen LogP contribution in [-0.2, 0) is 0 Å². The minimum atomic E-state index is -4.80. The first-order valence-corrected chi connectivity index (χ1v) is 11.8. The predicted molar refractivity (Wildman–Crippen MR) is 139 cm³/mol. The summed E-state index contributed by atoms with van der Waals surface area (Å²) in [6, 6.07) is 20.6. The first kappa shape index (κ1) is 25.1. The van der Waals surface area contributed by atoms with Crippen LogP contribution in [0.25, 0.3) is 28.1 Å². The number of rotatable bonds is 6. The van der Waals surface area contributed by atoms with Gasteiger partial charge in [-0.3, -0.25) is 4.99 Å². The van der Waals surface area contributed by atoms with Crippen molar-refractivity contribution < 1.29 is 22.6 Å². The van der Waals surface area contributed by atoms with E-state index in [-0.39, 0.29) is 11.8 Å². The molecule has 1 aliphatic heterocycles. The molecule has 2 aromatic carbocycles. The average Bonchev–Trinajstić information content (AvgIpc) is 2.87. The molecule has 0 radical (unpaired) electrons. The molecule has 1 aromatic heterocycles. The molecule has 2 aliphatic rings. The maximum atomic E-state index is 13.0. The second kappa shape index (κ2) is 10.0. The van der Waals surface area contributed by atoms with Crippen molar-refractivity contribution in [3.05, 3.63) is 84.4 Å². The molecule has 2 heterocycles. The van der Waals surface area contributed by atoms with Crippen LogP contribution in [-0.4, -0.2) is 34.0 Å². The third-order valence-electron chi connectivity index (χ3n) is 5.64. The second-order valence-electron chi connectivity index (χ2n) is 8.75. The number of benzene rings is 3. The molecular formula is C28H24F3N5O2. The standard InChI is InChI=1S/C28H24F3N5O2/c1-17(2)33-23-16-26-24(15-22(23)35-21-11-7-13-32-27(21)37-3)34-20-10-4-5-12-25(20)36(26)18-8-6-9-19(14-18)38-28(29,30)31/h4-17,35H,1-3H3. The van der Waals surface area contributed by atoms with Crippen molar-refractivity contribution in [2.45, 2.75) is 26.3 Å². The van der Waals surface area contributed by atoms with Crippen LogP contribution in [0.1, 0.15) is 13.8 Å². The van der Waals surface area contributed by atoms with Gasteiger partial charge in [0.05, 0.1) is 40.6 Å². The first-order valence-electron chi connectivity index (χ1n) is 11.8. The number of methoxy groups -OCH3 is 1. The molecule has 194 valence electrons. The van der Waals surface area contributed by atoms with Crippen LogP contribution in [0.15, 0.2) is 84.0 Å². The highest BCUT2D eigenvalue weighted by Crippen LogP contribution is 2.33. The summed E-state index contributed by atoms with van der Waals surface area (Å²) in [6.07, 6.45) is -3.17. The van der Waals surface area contributed by atoms with Crippen molar-refractivity contribution in [1.82, 2.24) is 14.5 Å². The number of halogens is 3. The van der Waals surface area contributed by atoms with E-state index >= 15 is 0 Å². The molecule has 0 saturated carbocycles. The molecule has 38 heavy (non-hydrogen) atoms. The van der Waals surface area contributed by atoms with Gasteiger partial charge in [0.1, 0.15) is 11.4 Å². The van der Waals surface area contributed by atoms with E-state index in [1.54, 1.807) is 25.4 Å². The van der Waals surface area contributed by atoms with Crippen LogP contribution in [0.2, 0.25) is 0 Å². The molecule has 0 fully saturated rings. The van der Waals surface area contributed by atoms with E-state index in [4.69, 9.17) is 14.7 Å². The van der Waals surface area contributed by atoms with Crippen LogP contribution < -0.4 is 20.1 Å². The summed E-state index contributed by atoms with van der Waals surface area (Å²) >= 11 is 0. The van der Waals surface area contributed by atoms with Crippen LogP contribution in [0.3, 0.4) is 0 Å². The lowest BCUT2D eigenvalue weighted by Crippen LogP contribution is -2.18. The van der Waals surface area contributed by atoms with Gasteiger partial charge in [0.15, 0.2) is 0 Å². The van der Waals surface area contributed by atoms with E-state index in [1.807, 2.05) is 60.9 Å². The summed E-state index contributed by atoms with van der Waals surface area (Å²) in [4.78, 5) is 13.9. The smallest absolute Gasteiger partial charge is 0.480 e. The minimum absolute atomic E-state index is 0.0332. The number of hydrogen-bond donors (Lipinski definition) is 1. The lowest BCUT2D eigenvalue weighted by Gasteiger charge is -2.21. The number of nitrogens with zero attached hydrogens (tertiary/aromatic N) is 4. The van der Waals surface area contributed by atoms with Gasteiger partial charge in [0, 0.05) is 24.0 Å². The first-order chi connectivity index (χ1) is 18.2. The van der Waals surface area contributed by atoms with Gasteiger partial charge >= 0.3 is 6.36 Å². The third-order valence-corrected chi connectivity index (χ3v) is 5.64.